The van der Waals surface area contributed by atoms with E-state index in [0.717, 1.165) is 57.0 Å². The minimum Gasteiger partial charge on any atom is -0.355 e. The van der Waals surface area contributed by atoms with Gasteiger partial charge in [-0.2, -0.15) is 4.39 Å². The highest BCUT2D eigenvalue weighted by atomic mass is 19.1. The molecule has 0 saturated carbocycles. The number of hydrogen-bond acceptors (Lipinski definition) is 5. The van der Waals surface area contributed by atoms with E-state index >= 15 is 4.39 Å². The average Bonchev–Trinajstić information content (AvgIpc) is 3.12. The normalized spacial score (nSPS) is 23.5. The van der Waals surface area contributed by atoms with Gasteiger partial charge in [-0.05, 0) is 64.0 Å². The minimum atomic E-state index is -0.222. The molecule has 2 fully saturated rings. The number of aromatic nitrogens is 3. The fourth-order valence-corrected chi connectivity index (χ4v) is 5.19. The Bertz CT molecular complexity index is 1070. The lowest BCUT2D eigenvalue weighted by atomic mass is 9.91. The Hall–Kier alpha value is -2.51. The molecule has 2 aliphatic heterocycles. The smallest absolute Gasteiger partial charge is 0.224 e. The number of aryl methyl sites for hydroxylation is 1. The number of rotatable bonds is 3. The molecule has 0 bridgehead atoms. The Morgan fingerprint density at radius 2 is 1.68 bits per heavy atom. The van der Waals surface area contributed by atoms with E-state index in [1.54, 1.807) is 4.40 Å². The lowest BCUT2D eigenvalue weighted by molar-refractivity contribution is 0.106. The number of piperazine rings is 1. The van der Waals surface area contributed by atoms with Crippen LogP contribution >= 0.6 is 0 Å². The number of likely N-dealkylation sites (N-methyl/N-ethyl adjacent to an activating group) is 1. The van der Waals surface area contributed by atoms with Gasteiger partial charge in [0.25, 0.3) is 0 Å². The van der Waals surface area contributed by atoms with Crippen LogP contribution in [0.1, 0.15) is 48.3 Å². The summed E-state index contributed by atoms with van der Waals surface area (Å²) in [6.45, 7) is 5.86. The molecular formula is C24H31FN6. The zero-order chi connectivity index (χ0) is 21.5. The van der Waals surface area contributed by atoms with Crippen molar-refractivity contribution in [3.8, 4) is 0 Å². The second-order valence-corrected chi connectivity index (χ2v) is 8.99. The molecule has 5 heterocycles. The van der Waals surface area contributed by atoms with Gasteiger partial charge in [0.05, 0.1) is 17.8 Å². The predicted octanol–water partition coefficient (Wildman–Crippen LogP) is 3.83. The molecule has 6 nitrogen and oxygen atoms in total. The van der Waals surface area contributed by atoms with Gasteiger partial charge >= 0.3 is 0 Å². The summed E-state index contributed by atoms with van der Waals surface area (Å²) in [5, 5.41) is 0. The van der Waals surface area contributed by atoms with Gasteiger partial charge in [-0.15, -0.1) is 0 Å². The number of nitrogens with zero attached hydrogens (tertiary/aromatic N) is 6. The topological polar surface area (TPSA) is 39.9 Å². The van der Waals surface area contributed by atoms with E-state index in [1.165, 1.54) is 5.56 Å². The SMILES string of the molecule is Cc1cccnc1[C@H]1CCC[C@@H](c2nc3cccc(N4CCN(C)CC4)n3c2F)N1C. The predicted molar refractivity (Wildman–Crippen MR) is 121 cm³/mol. The summed E-state index contributed by atoms with van der Waals surface area (Å²) in [5.74, 6) is 0.678. The number of piperidine rings is 1. The van der Waals surface area contributed by atoms with E-state index in [-0.39, 0.29) is 18.0 Å². The van der Waals surface area contributed by atoms with Crippen molar-refractivity contribution in [2.24, 2.45) is 0 Å². The Labute approximate surface area is 183 Å². The summed E-state index contributed by atoms with van der Waals surface area (Å²) < 4.78 is 17.6. The summed E-state index contributed by atoms with van der Waals surface area (Å²) in [6.07, 6.45) is 4.83. The van der Waals surface area contributed by atoms with Gasteiger partial charge in [0.15, 0.2) is 0 Å². The number of anilines is 1. The second-order valence-electron chi connectivity index (χ2n) is 8.99. The molecule has 2 saturated heterocycles. The first-order chi connectivity index (χ1) is 15.0. The minimum absolute atomic E-state index is 0.0552. The molecule has 5 rings (SSSR count). The first-order valence-electron chi connectivity index (χ1n) is 11.3. The number of halogens is 1. The Morgan fingerprint density at radius 1 is 0.935 bits per heavy atom. The number of pyridine rings is 2. The molecule has 2 aliphatic rings. The molecule has 0 aliphatic carbocycles. The van der Waals surface area contributed by atoms with Crippen molar-refractivity contribution in [3.05, 3.63) is 59.4 Å². The quantitative estimate of drug-likeness (QED) is 0.642. The highest BCUT2D eigenvalue weighted by molar-refractivity contribution is 5.53. The molecule has 3 aromatic heterocycles. The summed E-state index contributed by atoms with van der Waals surface area (Å²) in [4.78, 5) is 16.3. The summed E-state index contributed by atoms with van der Waals surface area (Å²) in [5.41, 5.74) is 3.53. The van der Waals surface area contributed by atoms with Gasteiger partial charge < -0.3 is 9.80 Å². The van der Waals surface area contributed by atoms with Gasteiger partial charge in [0, 0.05) is 32.4 Å². The first kappa shape index (κ1) is 20.4. The van der Waals surface area contributed by atoms with Crippen LogP contribution < -0.4 is 4.90 Å². The molecule has 0 aromatic carbocycles. The zero-order valence-corrected chi connectivity index (χ0v) is 18.6. The molecule has 164 valence electrons. The van der Waals surface area contributed by atoms with Crippen LogP contribution in [0.2, 0.25) is 0 Å². The van der Waals surface area contributed by atoms with Gasteiger partial charge in [-0.1, -0.05) is 12.1 Å². The van der Waals surface area contributed by atoms with Crippen molar-refractivity contribution in [2.75, 3.05) is 45.2 Å². The highest BCUT2D eigenvalue weighted by Crippen LogP contribution is 2.41. The third-order valence-electron chi connectivity index (χ3n) is 7.04. The highest BCUT2D eigenvalue weighted by Gasteiger charge is 2.35. The van der Waals surface area contributed by atoms with Crippen LogP contribution in [0.3, 0.4) is 0 Å². The van der Waals surface area contributed by atoms with E-state index in [1.807, 2.05) is 30.5 Å². The molecule has 0 amide bonds. The number of fused-ring (bicyclic) bond motifs is 1. The van der Waals surface area contributed by atoms with Crippen LogP contribution in [0.5, 0.6) is 0 Å². The molecule has 3 aromatic rings. The van der Waals surface area contributed by atoms with Crippen molar-refractivity contribution in [3.63, 3.8) is 0 Å². The maximum Gasteiger partial charge on any atom is 0.224 e. The molecular weight excluding hydrogens is 391 g/mol. The molecule has 2 atom stereocenters. The Kier molecular flexibility index (Phi) is 5.40. The number of imidazole rings is 1. The fourth-order valence-electron chi connectivity index (χ4n) is 5.19. The van der Waals surface area contributed by atoms with Crippen molar-refractivity contribution in [1.29, 1.82) is 0 Å². The third-order valence-corrected chi connectivity index (χ3v) is 7.04. The zero-order valence-electron chi connectivity index (χ0n) is 18.6. The van der Waals surface area contributed by atoms with E-state index < -0.39 is 0 Å². The monoisotopic (exact) mass is 422 g/mol. The van der Waals surface area contributed by atoms with Crippen LogP contribution in [0.15, 0.2) is 36.5 Å². The lowest BCUT2D eigenvalue weighted by Gasteiger charge is -2.39. The second kappa shape index (κ2) is 8.20. The average molecular weight is 423 g/mol. The van der Waals surface area contributed by atoms with Crippen LogP contribution in [0, 0.1) is 12.9 Å². The van der Waals surface area contributed by atoms with Crippen molar-refractivity contribution >= 4 is 11.5 Å². The summed E-state index contributed by atoms with van der Waals surface area (Å²) in [7, 11) is 4.22. The van der Waals surface area contributed by atoms with E-state index in [9.17, 15) is 0 Å². The van der Waals surface area contributed by atoms with Crippen molar-refractivity contribution < 1.29 is 4.39 Å². The fraction of sp³-hybridized carbons (Fsp3) is 0.500. The van der Waals surface area contributed by atoms with Crippen LogP contribution in [0.25, 0.3) is 5.65 Å². The van der Waals surface area contributed by atoms with Gasteiger partial charge in [0.1, 0.15) is 17.2 Å². The molecule has 0 unspecified atom stereocenters. The van der Waals surface area contributed by atoms with Crippen molar-refractivity contribution in [2.45, 2.75) is 38.3 Å². The maximum atomic E-state index is 15.9. The molecule has 0 radical (unpaired) electrons. The van der Waals surface area contributed by atoms with E-state index in [2.05, 4.69) is 46.8 Å². The summed E-state index contributed by atoms with van der Waals surface area (Å²) in [6, 6.07) is 10.1. The van der Waals surface area contributed by atoms with Gasteiger partial charge in [0.2, 0.25) is 5.95 Å². The van der Waals surface area contributed by atoms with Crippen LogP contribution in [-0.4, -0.2) is 64.4 Å². The van der Waals surface area contributed by atoms with Crippen LogP contribution in [0.4, 0.5) is 10.2 Å². The third kappa shape index (κ3) is 3.59. The lowest BCUT2D eigenvalue weighted by Crippen LogP contribution is -2.45. The van der Waals surface area contributed by atoms with Gasteiger partial charge in [-0.3, -0.25) is 14.3 Å². The molecule has 0 spiro atoms. The largest absolute Gasteiger partial charge is 0.355 e. The number of hydrogen-bond donors (Lipinski definition) is 0. The number of likely N-dealkylation sites (tertiary alicyclic amines) is 1. The molecule has 31 heavy (non-hydrogen) atoms. The standard InChI is InChI=1S/C24H31FN6/c1-17-7-6-12-26-22(17)18-8-4-9-19(29(18)3)23-24(25)31-20(27-23)10-5-11-21(31)30-15-13-28(2)14-16-30/h5-7,10-12,18-19H,4,8-9,13-16H2,1-3H3/t18-,19+/m1/s1. The van der Waals surface area contributed by atoms with E-state index in [4.69, 9.17) is 4.98 Å². The molecule has 7 heteroatoms. The molecule has 0 N–H and O–H groups in total. The summed E-state index contributed by atoms with van der Waals surface area (Å²) >= 11 is 0. The van der Waals surface area contributed by atoms with Crippen molar-refractivity contribution in [1.82, 2.24) is 24.2 Å². The van der Waals surface area contributed by atoms with E-state index in [0.29, 0.717) is 11.3 Å². The Balaban J connectivity index is 1.51. The van der Waals surface area contributed by atoms with Gasteiger partial charge in [-0.25, -0.2) is 4.98 Å². The first-order valence-corrected chi connectivity index (χ1v) is 11.3. The Morgan fingerprint density at radius 3 is 2.42 bits per heavy atom. The maximum absolute atomic E-state index is 15.9. The van der Waals surface area contributed by atoms with Crippen LogP contribution in [-0.2, 0) is 0 Å².